The molecule has 0 amide bonds. The van der Waals surface area contributed by atoms with Gasteiger partial charge in [0.2, 0.25) is 0 Å². The Kier molecular flexibility index (Phi) is 5.38. The molecule has 1 aromatic rings. The highest BCUT2D eigenvalue weighted by atomic mass is 19.1. The van der Waals surface area contributed by atoms with Crippen LogP contribution in [0.15, 0.2) is 24.3 Å². The SMILES string of the molecule is COCCOC(c1ccccc1F)C(C)N. The van der Waals surface area contributed by atoms with Gasteiger partial charge in [-0.1, -0.05) is 18.2 Å². The van der Waals surface area contributed by atoms with E-state index in [1.54, 1.807) is 32.2 Å². The molecule has 0 aromatic heterocycles. The Labute approximate surface area is 95.4 Å². The molecule has 0 saturated carbocycles. The summed E-state index contributed by atoms with van der Waals surface area (Å²) in [6.07, 6.45) is -0.434. The minimum absolute atomic E-state index is 0.270. The van der Waals surface area contributed by atoms with E-state index in [1.165, 1.54) is 6.07 Å². The van der Waals surface area contributed by atoms with Crippen molar-refractivity contribution in [2.75, 3.05) is 20.3 Å². The average molecular weight is 227 g/mol. The van der Waals surface area contributed by atoms with Crippen molar-refractivity contribution in [2.24, 2.45) is 5.73 Å². The number of ether oxygens (including phenoxy) is 2. The van der Waals surface area contributed by atoms with Crippen molar-refractivity contribution in [2.45, 2.75) is 19.1 Å². The van der Waals surface area contributed by atoms with Crippen LogP contribution in [0.25, 0.3) is 0 Å². The Morgan fingerprint density at radius 3 is 2.56 bits per heavy atom. The van der Waals surface area contributed by atoms with Gasteiger partial charge in [0.1, 0.15) is 11.9 Å². The predicted molar refractivity (Wildman–Crippen MR) is 60.6 cm³/mol. The highest BCUT2D eigenvalue weighted by molar-refractivity contribution is 5.21. The van der Waals surface area contributed by atoms with E-state index >= 15 is 0 Å². The minimum atomic E-state index is -0.434. The summed E-state index contributed by atoms with van der Waals surface area (Å²) in [5.41, 5.74) is 6.28. The van der Waals surface area contributed by atoms with Crippen LogP contribution in [0.5, 0.6) is 0 Å². The van der Waals surface area contributed by atoms with Crippen LogP contribution in [-0.2, 0) is 9.47 Å². The number of rotatable bonds is 6. The van der Waals surface area contributed by atoms with Gasteiger partial charge < -0.3 is 15.2 Å². The third kappa shape index (κ3) is 3.56. The standard InChI is InChI=1S/C12H18FNO2/c1-9(14)12(16-8-7-15-2)10-5-3-4-6-11(10)13/h3-6,9,12H,7-8,14H2,1-2H3. The summed E-state index contributed by atoms with van der Waals surface area (Å²) in [6, 6.07) is 6.24. The Balaban J connectivity index is 2.74. The first kappa shape index (κ1) is 13.1. The summed E-state index contributed by atoms with van der Waals surface area (Å²) in [5, 5.41) is 0. The quantitative estimate of drug-likeness (QED) is 0.755. The van der Waals surface area contributed by atoms with Gasteiger partial charge in [0.05, 0.1) is 13.2 Å². The number of halogens is 1. The lowest BCUT2D eigenvalue weighted by Gasteiger charge is -2.22. The van der Waals surface area contributed by atoms with Crippen LogP contribution in [-0.4, -0.2) is 26.4 Å². The molecule has 0 fully saturated rings. The number of hydrogen-bond acceptors (Lipinski definition) is 3. The molecular weight excluding hydrogens is 209 g/mol. The van der Waals surface area contributed by atoms with Crippen LogP contribution >= 0.6 is 0 Å². The minimum Gasteiger partial charge on any atom is -0.382 e. The molecule has 0 spiro atoms. The monoisotopic (exact) mass is 227 g/mol. The number of nitrogens with two attached hydrogens (primary N) is 1. The van der Waals surface area contributed by atoms with Gasteiger partial charge in [-0.05, 0) is 13.0 Å². The van der Waals surface area contributed by atoms with Gasteiger partial charge in [-0.2, -0.15) is 0 Å². The molecule has 0 heterocycles. The number of methoxy groups -OCH3 is 1. The van der Waals surface area contributed by atoms with Gasteiger partial charge in [-0.15, -0.1) is 0 Å². The van der Waals surface area contributed by atoms with Gasteiger partial charge in [-0.25, -0.2) is 4.39 Å². The third-order valence-corrected chi connectivity index (χ3v) is 2.27. The zero-order chi connectivity index (χ0) is 12.0. The molecule has 0 radical (unpaired) electrons. The fourth-order valence-electron chi connectivity index (χ4n) is 1.49. The molecule has 0 saturated heterocycles. The van der Waals surface area contributed by atoms with Crippen LogP contribution in [0.4, 0.5) is 4.39 Å². The molecule has 2 atom stereocenters. The lowest BCUT2D eigenvalue weighted by atomic mass is 10.0. The second-order valence-corrected chi connectivity index (χ2v) is 3.66. The third-order valence-electron chi connectivity index (χ3n) is 2.27. The van der Waals surface area contributed by atoms with Gasteiger partial charge >= 0.3 is 0 Å². The van der Waals surface area contributed by atoms with Crippen molar-refractivity contribution in [1.82, 2.24) is 0 Å². The maximum Gasteiger partial charge on any atom is 0.129 e. The van der Waals surface area contributed by atoms with Crippen molar-refractivity contribution < 1.29 is 13.9 Å². The largest absolute Gasteiger partial charge is 0.382 e. The van der Waals surface area contributed by atoms with Crippen LogP contribution in [0, 0.1) is 5.82 Å². The lowest BCUT2D eigenvalue weighted by molar-refractivity contribution is 0.00450. The van der Waals surface area contributed by atoms with Crippen molar-refractivity contribution in [1.29, 1.82) is 0 Å². The molecule has 3 nitrogen and oxygen atoms in total. The Morgan fingerprint density at radius 1 is 1.31 bits per heavy atom. The first-order valence-corrected chi connectivity index (χ1v) is 5.27. The van der Waals surface area contributed by atoms with Crippen LogP contribution in [0.1, 0.15) is 18.6 Å². The first-order valence-electron chi connectivity index (χ1n) is 5.27. The first-order chi connectivity index (χ1) is 7.66. The van der Waals surface area contributed by atoms with Gasteiger partial charge in [0, 0.05) is 18.7 Å². The van der Waals surface area contributed by atoms with Crippen molar-refractivity contribution in [3.63, 3.8) is 0 Å². The molecule has 4 heteroatoms. The Morgan fingerprint density at radius 2 is 2.00 bits per heavy atom. The van der Waals surface area contributed by atoms with E-state index in [0.717, 1.165) is 0 Å². The number of benzene rings is 1. The molecule has 90 valence electrons. The zero-order valence-corrected chi connectivity index (χ0v) is 9.65. The second kappa shape index (κ2) is 6.58. The van der Waals surface area contributed by atoms with Gasteiger partial charge in [0.15, 0.2) is 0 Å². The molecule has 0 aliphatic carbocycles. The number of hydrogen-bond donors (Lipinski definition) is 1. The highest BCUT2D eigenvalue weighted by Gasteiger charge is 2.19. The fraction of sp³-hybridized carbons (Fsp3) is 0.500. The summed E-state index contributed by atoms with van der Waals surface area (Å²) < 4.78 is 23.9. The molecule has 2 N–H and O–H groups in total. The fourth-order valence-corrected chi connectivity index (χ4v) is 1.49. The van der Waals surface area contributed by atoms with Crippen LogP contribution in [0.3, 0.4) is 0 Å². The van der Waals surface area contributed by atoms with E-state index in [1.807, 2.05) is 0 Å². The summed E-state index contributed by atoms with van der Waals surface area (Å²) in [6.45, 7) is 2.67. The van der Waals surface area contributed by atoms with E-state index < -0.39 is 6.10 Å². The van der Waals surface area contributed by atoms with E-state index in [2.05, 4.69) is 0 Å². The normalized spacial score (nSPS) is 14.8. The molecule has 2 unspecified atom stereocenters. The average Bonchev–Trinajstić information content (AvgIpc) is 2.25. The molecule has 16 heavy (non-hydrogen) atoms. The van der Waals surface area contributed by atoms with Gasteiger partial charge in [0.25, 0.3) is 0 Å². The van der Waals surface area contributed by atoms with E-state index in [9.17, 15) is 4.39 Å². The maximum atomic E-state index is 13.5. The molecule has 1 rings (SSSR count). The Bertz CT molecular complexity index is 318. The summed E-state index contributed by atoms with van der Waals surface area (Å²) in [5.74, 6) is -0.290. The lowest BCUT2D eigenvalue weighted by Crippen LogP contribution is -2.28. The van der Waals surface area contributed by atoms with Crippen molar-refractivity contribution >= 4 is 0 Å². The van der Waals surface area contributed by atoms with Crippen LogP contribution < -0.4 is 5.73 Å². The highest BCUT2D eigenvalue weighted by Crippen LogP contribution is 2.22. The van der Waals surface area contributed by atoms with E-state index in [0.29, 0.717) is 18.8 Å². The second-order valence-electron chi connectivity index (χ2n) is 3.66. The zero-order valence-electron chi connectivity index (χ0n) is 9.65. The summed E-state index contributed by atoms with van der Waals surface area (Å²) in [7, 11) is 1.59. The molecule has 1 aromatic carbocycles. The van der Waals surface area contributed by atoms with Crippen molar-refractivity contribution in [3.8, 4) is 0 Å². The maximum absolute atomic E-state index is 13.5. The molecule has 0 aliphatic heterocycles. The van der Waals surface area contributed by atoms with Gasteiger partial charge in [-0.3, -0.25) is 0 Å². The molecule has 0 bridgehead atoms. The van der Waals surface area contributed by atoms with Crippen molar-refractivity contribution in [3.05, 3.63) is 35.6 Å². The summed E-state index contributed by atoms with van der Waals surface area (Å²) in [4.78, 5) is 0. The van der Waals surface area contributed by atoms with Crippen LogP contribution in [0.2, 0.25) is 0 Å². The van der Waals surface area contributed by atoms with E-state index in [4.69, 9.17) is 15.2 Å². The Hall–Kier alpha value is -0.970. The van der Waals surface area contributed by atoms with E-state index in [-0.39, 0.29) is 11.9 Å². The predicted octanol–water partition coefficient (Wildman–Crippen LogP) is 1.88. The molecule has 0 aliphatic rings. The molecular formula is C12H18FNO2. The summed E-state index contributed by atoms with van der Waals surface area (Å²) >= 11 is 0. The smallest absolute Gasteiger partial charge is 0.129 e. The topological polar surface area (TPSA) is 44.5 Å².